The Kier molecular flexibility index (Phi) is 3.60. The lowest BCUT2D eigenvalue weighted by molar-refractivity contribution is 0.0504. The molecule has 0 bridgehead atoms. The van der Waals surface area contributed by atoms with Crippen molar-refractivity contribution in [2.24, 2.45) is 11.3 Å². The van der Waals surface area contributed by atoms with Gasteiger partial charge in [0, 0.05) is 5.56 Å². The van der Waals surface area contributed by atoms with Gasteiger partial charge in [-0.05, 0) is 46.2 Å². The molecule has 0 spiro atoms. The molecule has 2 atom stereocenters. The molecule has 3 heteroatoms. The predicted octanol–water partition coefficient (Wildman–Crippen LogP) is 4.45. The summed E-state index contributed by atoms with van der Waals surface area (Å²) >= 11 is 3.17. The molecule has 0 amide bonds. The van der Waals surface area contributed by atoms with Gasteiger partial charge in [-0.25, -0.2) is 4.39 Å². The molecule has 2 rings (SSSR count). The Balaban J connectivity index is 2.31. The molecule has 1 N–H and O–H groups in total. The molecule has 0 aromatic heterocycles. The van der Waals surface area contributed by atoms with Gasteiger partial charge < -0.3 is 5.11 Å². The smallest absolute Gasteiger partial charge is 0.143 e. The average Bonchev–Trinajstić information content (AvgIpc) is 2.61. The summed E-state index contributed by atoms with van der Waals surface area (Å²) in [5.41, 5.74) is 0.508. The maximum absolute atomic E-state index is 14.0. The van der Waals surface area contributed by atoms with Gasteiger partial charge in [-0.15, -0.1) is 0 Å². The third-order valence-corrected chi connectivity index (χ3v) is 4.63. The zero-order chi connectivity index (χ0) is 12.6. The molecular weight excluding hydrogens is 283 g/mol. The number of aliphatic hydroxyl groups is 1. The van der Waals surface area contributed by atoms with E-state index < -0.39 is 6.10 Å². The molecule has 94 valence electrons. The Bertz CT molecular complexity index is 417. The summed E-state index contributed by atoms with van der Waals surface area (Å²) in [7, 11) is 0. The van der Waals surface area contributed by atoms with Crippen LogP contribution < -0.4 is 0 Å². The molecule has 1 fully saturated rings. The standard InChI is InChI=1S/C14H18BrFO/c1-14(2)8-4-6-10(14)13(17)9-5-3-7-11(15)12(9)16/h3,5,7,10,13,17H,4,6,8H2,1-2H3. The van der Waals surface area contributed by atoms with Crippen molar-refractivity contribution in [3.63, 3.8) is 0 Å². The van der Waals surface area contributed by atoms with Gasteiger partial charge in [0.05, 0.1) is 10.6 Å². The number of aliphatic hydroxyl groups excluding tert-OH is 1. The fraction of sp³-hybridized carbons (Fsp3) is 0.571. The van der Waals surface area contributed by atoms with Crippen LogP contribution in [-0.4, -0.2) is 5.11 Å². The van der Waals surface area contributed by atoms with E-state index in [9.17, 15) is 9.50 Å². The largest absolute Gasteiger partial charge is 0.388 e. The minimum Gasteiger partial charge on any atom is -0.388 e. The molecule has 1 aliphatic carbocycles. The Morgan fingerprint density at radius 3 is 2.76 bits per heavy atom. The topological polar surface area (TPSA) is 20.2 Å². The Hall–Kier alpha value is -0.410. The summed E-state index contributed by atoms with van der Waals surface area (Å²) in [5, 5.41) is 10.4. The van der Waals surface area contributed by atoms with Gasteiger partial charge in [0.2, 0.25) is 0 Å². The normalized spacial score (nSPS) is 24.9. The van der Waals surface area contributed by atoms with Crippen LogP contribution in [0.25, 0.3) is 0 Å². The summed E-state index contributed by atoms with van der Waals surface area (Å²) < 4.78 is 14.4. The first-order chi connectivity index (χ1) is 7.93. The van der Waals surface area contributed by atoms with Crippen LogP contribution in [0.15, 0.2) is 22.7 Å². The summed E-state index contributed by atoms with van der Waals surface area (Å²) in [6, 6.07) is 5.11. The highest BCUT2D eigenvalue weighted by molar-refractivity contribution is 9.10. The van der Waals surface area contributed by atoms with Crippen LogP contribution in [0.2, 0.25) is 0 Å². The van der Waals surface area contributed by atoms with Gasteiger partial charge in [0.25, 0.3) is 0 Å². The quantitative estimate of drug-likeness (QED) is 0.855. The second-order valence-electron chi connectivity index (χ2n) is 5.58. The lowest BCUT2D eigenvalue weighted by atomic mass is 9.77. The van der Waals surface area contributed by atoms with Crippen LogP contribution in [-0.2, 0) is 0 Å². The first-order valence-electron chi connectivity index (χ1n) is 6.05. The molecular formula is C14H18BrFO. The molecule has 0 saturated heterocycles. The van der Waals surface area contributed by atoms with E-state index in [0.717, 1.165) is 19.3 Å². The van der Waals surface area contributed by atoms with Crippen LogP contribution >= 0.6 is 15.9 Å². The molecule has 17 heavy (non-hydrogen) atoms. The van der Waals surface area contributed by atoms with Gasteiger partial charge in [-0.3, -0.25) is 0 Å². The molecule has 2 unspecified atom stereocenters. The monoisotopic (exact) mass is 300 g/mol. The van der Waals surface area contributed by atoms with Gasteiger partial charge in [-0.1, -0.05) is 32.4 Å². The van der Waals surface area contributed by atoms with Crippen LogP contribution in [0.5, 0.6) is 0 Å². The lowest BCUT2D eigenvalue weighted by Crippen LogP contribution is -2.24. The summed E-state index contributed by atoms with van der Waals surface area (Å²) in [6.07, 6.45) is 2.49. The molecule has 1 nitrogen and oxygen atoms in total. The van der Waals surface area contributed by atoms with Crippen LogP contribution in [0.4, 0.5) is 4.39 Å². The average molecular weight is 301 g/mol. The van der Waals surface area contributed by atoms with Crippen molar-refractivity contribution in [3.8, 4) is 0 Å². The Labute approximate surface area is 110 Å². The SMILES string of the molecule is CC1(C)CCCC1C(O)c1cccc(Br)c1F. The number of halogens is 2. The van der Waals surface area contributed by atoms with E-state index in [1.807, 2.05) is 0 Å². The van der Waals surface area contributed by atoms with Gasteiger partial charge in [0.15, 0.2) is 0 Å². The Morgan fingerprint density at radius 2 is 2.18 bits per heavy atom. The third-order valence-electron chi connectivity index (χ3n) is 4.02. The number of benzene rings is 1. The lowest BCUT2D eigenvalue weighted by Gasteiger charge is -2.31. The van der Waals surface area contributed by atoms with Crippen molar-refractivity contribution in [2.45, 2.75) is 39.2 Å². The van der Waals surface area contributed by atoms with E-state index in [0.29, 0.717) is 10.0 Å². The van der Waals surface area contributed by atoms with Crippen LogP contribution in [0, 0.1) is 17.2 Å². The number of hydrogen-bond donors (Lipinski definition) is 1. The zero-order valence-corrected chi connectivity index (χ0v) is 11.8. The highest BCUT2D eigenvalue weighted by Crippen LogP contribution is 2.49. The summed E-state index contributed by atoms with van der Waals surface area (Å²) in [4.78, 5) is 0. The summed E-state index contributed by atoms with van der Waals surface area (Å²) in [5.74, 6) is -0.186. The highest BCUT2D eigenvalue weighted by Gasteiger charge is 2.40. The van der Waals surface area contributed by atoms with Crippen molar-refractivity contribution < 1.29 is 9.50 Å². The van der Waals surface area contributed by atoms with E-state index in [2.05, 4.69) is 29.8 Å². The molecule has 1 aromatic rings. The van der Waals surface area contributed by atoms with Gasteiger partial charge in [0.1, 0.15) is 5.82 Å². The first kappa shape index (κ1) is 13.0. The van der Waals surface area contributed by atoms with Crippen molar-refractivity contribution in [3.05, 3.63) is 34.1 Å². The van der Waals surface area contributed by atoms with Gasteiger partial charge in [-0.2, -0.15) is 0 Å². The molecule has 1 saturated carbocycles. The highest BCUT2D eigenvalue weighted by atomic mass is 79.9. The first-order valence-corrected chi connectivity index (χ1v) is 6.85. The second-order valence-corrected chi connectivity index (χ2v) is 6.43. The van der Waals surface area contributed by atoms with Crippen molar-refractivity contribution >= 4 is 15.9 Å². The van der Waals surface area contributed by atoms with Gasteiger partial charge >= 0.3 is 0 Å². The van der Waals surface area contributed by atoms with E-state index in [4.69, 9.17) is 0 Å². The molecule has 0 radical (unpaired) electrons. The predicted molar refractivity (Wildman–Crippen MR) is 70.2 cm³/mol. The van der Waals surface area contributed by atoms with Crippen molar-refractivity contribution in [1.29, 1.82) is 0 Å². The Morgan fingerprint density at radius 1 is 1.47 bits per heavy atom. The van der Waals surface area contributed by atoms with E-state index in [1.54, 1.807) is 18.2 Å². The molecule has 1 aliphatic rings. The number of hydrogen-bond acceptors (Lipinski definition) is 1. The van der Waals surface area contributed by atoms with Crippen LogP contribution in [0.1, 0.15) is 44.8 Å². The number of rotatable bonds is 2. The van der Waals surface area contributed by atoms with E-state index in [1.165, 1.54) is 0 Å². The molecule has 0 heterocycles. The van der Waals surface area contributed by atoms with E-state index in [-0.39, 0.29) is 17.2 Å². The maximum Gasteiger partial charge on any atom is 0.143 e. The van der Waals surface area contributed by atoms with Crippen LogP contribution in [0.3, 0.4) is 0 Å². The second kappa shape index (κ2) is 4.69. The minimum absolute atomic E-state index is 0.0914. The van der Waals surface area contributed by atoms with E-state index >= 15 is 0 Å². The van der Waals surface area contributed by atoms with Crippen molar-refractivity contribution in [1.82, 2.24) is 0 Å². The fourth-order valence-electron chi connectivity index (χ4n) is 2.90. The van der Waals surface area contributed by atoms with Crippen molar-refractivity contribution in [2.75, 3.05) is 0 Å². The maximum atomic E-state index is 14.0. The third kappa shape index (κ3) is 2.41. The zero-order valence-electron chi connectivity index (χ0n) is 10.2. The molecule has 1 aromatic carbocycles. The fourth-order valence-corrected chi connectivity index (χ4v) is 3.29. The molecule has 0 aliphatic heterocycles. The minimum atomic E-state index is -0.704. The summed E-state index contributed by atoms with van der Waals surface area (Å²) in [6.45, 7) is 4.31.